The van der Waals surface area contributed by atoms with Gasteiger partial charge in [-0.05, 0) is 36.8 Å². The molecule has 0 bridgehead atoms. The van der Waals surface area contributed by atoms with Gasteiger partial charge in [-0.25, -0.2) is 9.67 Å². The van der Waals surface area contributed by atoms with Crippen molar-refractivity contribution >= 4 is 23.2 Å². The second kappa shape index (κ2) is 5.01. The molecule has 7 heteroatoms. The van der Waals surface area contributed by atoms with Gasteiger partial charge in [0, 0.05) is 18.6 Å². The van der Waals surface area contributed by atoms with Crippen LogP contribution in [0.15, 0.2) is 36.8 Å². The van der Waals surface area contributed by atoms with Crippen molar-refractivity contribution in [3.8, 4) is 5.82 Å². The van der Waals surface area contributed by atoms with E-state index in [0.29, 0.717) is 11.7 Å². The van der Waals surface area contributed by atoms with Crippen LogP contribution in [-0.2, 0) is 11.3 Å². The molecule has 0 spiro atoms. The lowest BCUT2D eigenvalue weighted by Gasteiger charge is -2.14. The van der Waals surface area contributed by atoms with E-state index in [1.165, 1.54) is 0 Å². The smallest absolute Gasteiger partial charge is 0.251 e. The monoisotopic (exact) mass is 287 g/mol. The van der Waals surface area contributed by atoms with E-state index >= 15 is 0 Å². The molecule has 1 saturated heterocycles. The third-order valence-corrected chi connectivity index (χ3v) is 3.45. The van der Waals surface area contributed by atoms with Gasteiger partial charge in [0.1, 0.15) is 6.04 Å². The molecule has 1 amide bonds. The van der Waals surface area contributed by atoms with Crippen LogP contribution in [-0.4, -0.2) is 36.7 Å². The van der Waals surface area contributed by atoms with E-state index in [9.17, 15) is 4.79 Å². The second-order valence-electron chi connectivity index (χ2n) is 4.57. The number of carbonyl (C=O) groups is 1. The first-order valence-corrected chi connectivity index (χ1v) is 6.63. The van der Waals surface area contributed by atoms with Crippen LogP contribution >= 0.6 is 12.2 Å². The van der Waals surface area contributed by atoms with Crippen molar-refractivity contribution in [3.05, 3.63) is 42.4 Å². The van der Waals surface area contributed by atoms with Crippen molar-refractivity contribution in [2.45, 2.75) is 19.5 Å². The summed E-state index contributed by atoms with van der Waals surface area (Å²) in [5, 5.41) is 7.53. The van der Waals surface area contributed by atoms with Crippen LogP contribution in [0, 0.1) is 0 Å². The number of rotatable bonds is 3. The topological polar surface area (TPSA) is 63.1 Å². The Bertz CT molecular complexity index is 637. The highest BCUT2D eigenvalue weighted by molar-refractivity contribution is 7.80. The van der Waals surface area contributed by atoms with E-state index in [0.717, 1.165) is 11.4 Å². The molecule has 6 nitrogen and oxygen atoms in total. The van der Waals surface area contributed by atoms with Crippen LogP contribution < -0.4 is 5.32 Å². The third kappa shape index (κ3) is 2.27. The Labute approximate surface area is 121 Å². The maximum atomic E-state index is 11.9. The fourth-order valence-corrected chi connectivity index (χ4v) is 2.37. The lowest BCUT2D eigenvalue weighted by molar-refractivity contribution is -0.127. The summed E-state index contributed by atoms with van der Waals surface area (Å²) in [5.41, 5.74) is 0.924. The van der Waals surface area contributed by atoms with Gasteiger partial charge in [0.15, 0.2) is 10.9 Å². The Balaban J connectivity index is 1.76. The van der Waals surface area contributed by atoms with Gasteiger partial charge in [-0.3, -0.25) is 9.69 Å². The molecule has 2 aromatic heterocycles. The molecule has 102 valence electrons. The summed E-state index contributed by atoms with van der Waals surface area (Å²) in [6.45, 7) is 2.23. The first kappa shape index (κ1) is 12.7. The molecule has 0 unspecified atom stereocenters. The average molecular weight is 287 g/mol. The molecular weight excluding hydrogens is 274 g/mol. The number of amides is 1. The van der Waals surface area contributed by atoms with Crippen LogP contribution in [0.4, 0.5) is 0 Å². The zero-order valence-electron chi connectivity index (χ0n) is 10.9. The average Bonchev–Trinajstić information content (AvgIpc) is 3.05. The molecular formula is C13H13N5OS. The van der Waals surface area contributed by atoms with Crippen molar-refractivity contribution in [1.29, 1.82) is 0 Å². The molecule has 0 radical (unpaired) electrons. The predicted molar refractivity (Wildman–Crippen MR) is 77.1 cm³/mol. The Morgan fingerprint density at radius 1 is 1.45 bits per heavy atom. The van der Waals surface area contributed by atoms with Gasteiger partial charge in [-0.2, -0.15) is 5.10 Å². The Kier molecular flexibility index (Phi) is 3.19. The first-order valence-electron chi connectivity index (χ1n) is 6.22. The van der Waals surface area contributed by atoms with Gasteiger partial charge in [-0.1, -0.05) is 6.07 Å². The highest BCUT2D eigenvalue weighted by Gasteiger charge is 2.31. The van der Waals surface area contributed by atoms with Crippen molar-refractivity contribution in [1.82, 2.24) is 25.0 Å². The number of aromatic nitrogens is 3. The maximum absolute atomic E-state index is 11.9. The summed E-state index contributed by atoms with van der Waals surface area (Å²) in [5.74, 6) is 0.728. The minimum absolute atomic E-state index is 0.00819. The zero-order chi connectivity index (χ0) is 14.1. The van der Waals surface area contributed by atoms with Crippen LogP contribution in [0.1, 0.15) is 12.5 Å². The van der Waals surface area contributed by atoms with Gasteiger partial charge in [0.05, 0.1) is 6.54 Å². The van der Waals surface area contributed by atoms with E-state index in [2.05, 4.69) is 15.4 Å². The first-order chi connectivity index (χ1) is 9.65. The molecule has 0 aliphatic carbocycles. The van der Waals surface area contributed by atoms with Crippen LogP contribution in [0.2, 0.25) is 0 Å². The van der Waals surface area contributed by atoms with E-state index in [1.807, 2.05) is 24.4 Å². The number of hydrogen-bond donors (Lipinski definition) is 1. The predicted octanol–water partition coefficient (Wildman–Crippen LogP) is 0.873. The molecule has 2 aromatic rings. The minimum Gasteiger partial charge on any atom is -0.351 e. The van der Waals surface area contributed by atoms with E-state index < -0.39 is 0 Å². The van der Waals surface area contributed by atoms with Crippen molar-refractivity contribution in [2.75, 3.05) is 0 Å². The molecule has 0 aromatic carbocycles. The SMILES string of the molecule is C[C@H]1NC(=S)N(Cc2ccc(-n3cccn3)nc2)C1=O. The molecule has 3 heterocycles. The van der Waals surface area contributed by atoms with E-state index in [4.69, 9.17) is 12.2 Å². The molecule has 0 saturated carbocycles. The van der Waals surface area contributed by atoms with Crippen molar-refractivity contribution in [3.63, 3.8) is 0 Å². The Morgan fingerprint density at radius 2 is 2.30 bits per heavy atom. The minimum atomic E-state index is -0.251. The summed E-state index contributed by atoms with van der Waals surface area (Å²) in [4.78, 5) is 17.8. The molecule has 1 aliphatic heterocycles. The van der Waals surface area contributed by atoms with Gasteiger partial charge < -0.3 is 5.32 Å². The Morgan fingerprint density at radius 3 is 2.85 bits per heavy atom. The largest absolute Gasteiger partial charge is 0.351 e. The molecule has 1 atom stereocenters. The van der Waals surface area contributed by atoms with Crippen LogP contribution in [0.25, 0.3) is 5.82 Å². The molecule has 1 N–H and O–H groups in total. The molecule has 20 heavy (non-hydrogen) atoms. The molecule has 1 aliphatic rings. The number of hydrogen-bond acceptors (Lipinski definition) is 4. The van der Waals surface area contributed by atoms with Gasteiger partial charge in [-0.15, -0.1) is 0 Å². The zero-order valence-corrected chi connectivity index (χ0v) is 11.7. The summed E-state index contributed by atoms with van der Waals surface area (Å²) < 4.78 is 1.68. The standard InChI is InChI=1S/C13H13N5OS/c1-9-12(19)17(13(20)16-9)8-10-3-4-11(14-7-10)18-6-2-5-15-18/h2-7,9H,8H2,1H3,(H,16,20)/t9-/m1/s1. The normalized spacial score (nSPS) is 18.4. The second-order valence-corrected chi connectivity index (χ2v) is 4.96. The van der Waals surface area contributed by atoms with Crippen molar-refractivity contribution < 1.29 is 4.79 Å². The van der Waals surface area contributed by atoms with Gasteiger partial charge in [0.25, 0.3) is 5.91 Å². The van der Waals surface area contributed by atoms with E-state index in [1.54, 1.807) is 28.9 Å². The van der Waals surface area contributed by atoms with Crippen LogP contribution in [0.5, 0.6) is 0 Å². The van der Waals surface area contributed by atoms with E-state index in [-0.39, 0.29) is 11.9 Å². The number of carbonyl (C=O) groups excluding carboxylic acids is 1. The number of pyridine rings is 1. The quantitative estimate of drug-likeness (QED) is 0.849. The molecule has 3 rings (SSSR count). The van der Waals surface area contributed by atoms with Crippen LogP contribution in [0.3, 0.4) is 0 Å². The number of nitrogens with one attached hydrogen (secondary N) is 1. The highest BCUT2D eigenvalue weighted by atomic mass is 32.1. The lowest BCUT2D eigenvalue weighted by atomic mass is 10.2. The number of nitrogens with zero attached hydrogens (tertiary/aromatic N) is 4. The number of thiocarbonyl (C=S) groups is 1. The summed E-state index contributed by atoms with van der Waals surface area (Å²) >= 11 is 5.14. The lowest BCUT2D eigenvalue weighted by Crippen LogP contribution is -2.30. The van der Waals surface area contributed by atoms with Crippen molar-refractivity contribution in [2.24, 2.45) is 0 Å². The Hall–Kier alpha value is -2.28. The summed E-state index contributed by atoms with van der Waals surface area (Å²) in [7, 11) is 0. The summed E-state index contributed by atoms with van der Waals surface area (Å²) in [6, 6.07) is 5.37. The summed E-state index contributed by atoms with van der Waals surface area (Å²) in [6.07, 6.45) is 5.26. The maximum Gasteiger partial charge on any atom is 0.251 e. The highest BCUT2D eigenvalue weighted by Crippen LogP contribution is 2.12. The van der Waals surface area contributed by atoms with Gasteiger partial charge >= 0.3 is 0 Å². The van der Waals surface area contributed by atoms with Gasteiger partial charge in [0.2, 0.25) is 0 Å². The fraction of sp³-hybridized carbons (Fsp3) is 0.231. The fourth-order valence-electron chi connectivity index (χ4n) is 2.04. The molecule has 1 fully saturated rings. The third-order valence-electron chi connectivity index (χ3n) is 3.11.